The Morgan fingerprint density at radius 3 is 1.18 bits per heavy atom. The minimum atomic E-state index is -0.954. The van der Waals surface area contributed by atoms with Gasteiger partial charge in [-0.05, 0) is 94.8 Å². The van der Waals surface area contributed by atoms with Gasteiger partial charge in [-0.25, -0.2) is 19.2 Å². The first-order valence-corrected chi connectivity index (χ1v) is 31.8. The molecule has 3 heterocycles. The minimum absolute atomic E-state index is 0.268. The first kappa shape index (κ1) is 86.2. The molecule has 0 unspecified atom stereocenters. The molecule has 1 aromatic carbocycles. The van der Waals surface area contributed by atoms with Gasteiger partial charge in [0.15, 0.2) is 0 Å². The van der Waals surface area contributed by atoms with Crippen LogP contribution in [0.5, 0.6) is 0 Å². The molecule has 0 fully saturated rings. The number of benzene rings is 1. The summed E-state index contributed by atoms with van der Waals surface area (Å²) in [5, 5.41) is 12.9. The minimum Gasteiger partial charge on any atom is -0.452 e. The molecule has 8 N–H and O–H groups in total. The van der Waals surface area contributed by atoms with Crippen molar-refractivity contribution in [1.82, 2.24) is 35.6 Å². The number of nitrogens with zero attached hydrogens (tertiary/aromatic N) is 5. The van der Waals surface area contributed by atoms with Crippen LogP contribution in [-0.4, -0.2) is 258 Å². The van der Waals surface area contributed by atoms with E-state index in [0.717, 1.165) is 88.3 Å². The van der Waals surface area contributed by atoms with Crippen molar-refractivity contribution in [3.05, 3.63) is 48.6 Å². The molecule has 7 amide bonds. The summed E-state index contributed by atoms with van der Waals surface area (Å²) < 4.78 is 67.0. The molecule has 0 saturated carbocycles. The van der Waals surface area contributed by atoms with E-state index in [9.17, 15) is 38.4 Å². The number of nitrogens with one attached hydrogen (secondary N) is 2. The van der Waals surface area contributed by atoms with Gasteiger partial charge in [-0.15, -0.1) is 5.10 Å². The van der Waals surface area contributed by atoms with E-state index in [1.165, 1.54) is 17.1 Å². The van der Waals surface area contributed by atoms with Crippen LogP contribution < -0.4 is 32.7 Å². The van der Waals surface area contributed by atoms with Gasteiger partial charge in [0, 0.05) is 83.6 Å². The van der Waals surface area contributed by atoms with Gasteiger partial charge < -0.3 is 89.4 Å². The van der Waals surface area contributed by atoms with Crippen LogP contribution in [0.15, 0.2) is 48.6 Å². The molecule has 32 heteroatoms. The number of para-hydroxylation sites is 1. The van der Waals surface area contributed by atoms with Gasteiger partial charge in [0.05, 0.1) is 106 Å². The van der Waals surface area contributed by atoms with Crippen molar-refractivity contribution in [3.8, 4) is 0 Å². The molecule has 0 atom stereocenters. The van der Waals surface area contributed by atoms with Crippen LogP contribution in [0.2, 0.25) is 0 Å². The number of carbonyl (C=O) groups is 8. The summed E-state index contributed by atoms with van der Waals surface area (Å²) in [5.41, 5.74) is 17.3. The molecule has 2 aliphatic heterocycles. The van der Waals surface area contributed by atoms with Crippen molar-refractivity contribution >= 4 is 59.1 Å². The Balaban J connectivity index is 0.00000117. The van der Waals surface area contributed by atoms with E-state index in [4.69, 9.17) is 78.9 Å². The summed E-state index contributed by atoms with van der Waals surface area (Å²) in [7, 11) is 1.10. The van der Waals surface area contributed by atoms with Crippen LogP contribution in [-0.2, 0) is 80.8 Å². The standard InChI is InChI=1S/C19H32N2O7.C15H32N2O5.C11H13N3O3.C10H24N2O3.C6H5NO4/c1-2-3-12-28-19(24)20-8-4-10-25-13-15-27-16-14-26-11-5-9-21-17(22)6-7-18(21)23;1-2-3-10-22-15(18)17-7-5-9-20-12-14-21-13-11-19-8-4-6-16;1-2-3-8-16-11(15)17-14-10-7-5-4-6-9(10)12-13-14;11-3-1-5-13-7-9-15-10-8-14-6-2-4-12;1-11-6(10)7-4(8)2-3-5(7)9/h6-7H,2-5,8-16H2,1H3,(H,20,24);2-14,16H2,1H3,(H,17,18);4-7H,2-3,8H2,1H3;1-12H2;2-3H,1H3. The van der Waals surface area contributed by atoms with Crippen molar-refractivity contribution in [2.45, 2.75) is 97.8 Å². The molecule has 2 aromatic rings. The number of aromatic nitrogens is 3. The summed E-state index contributed by atoms with van der Waals surface area (Å²) in [5.74, 6) is -1.87. The molecule has 2 aliphatic rings. The van der Waals surface area contributed by atoms with Gasteiger partial charge in [-0.1, -0.05) is 57.0 Å². The van der Waals surface area contributed by atoms with Gasteiger partial charge in [-0.3, -0.25) is 28.9 Å². The fraction of sp³-hybridized carbons (Fsp3) is 0.705. The molecule has 532 valence electrons. The SMILES string of the molecule is CCCCOC(=O)NCCCOCCOCCOCCCN.CCCCOC(=O)NCCCOCCOCCOCCCN1C(=O)C=CC1=O.CCCCOC(=O)On1nnc2ccccc21.COC(=O)N1C(=O)C=CC1=O.NCCCOCCOCCOCCCN. The second-order valence-corrected chi connectivity index (χ2v) is 19.3. The third-order valence-electron chi connectivity index (χ3n) is 11.6. The molecule has 93 heavy (non-hydrogen) atoms. The lowest BCUT2D eigenvalue weighted by molar-refractivity contribution is -0.137. The molecule has 4 rings (SSSR count). The van der Waals surface area contributed by atoms with E-state index < -0.39 is 24.1 Å². The Kier molecular flexibility index (Phi) is 59.2. The smallest absolute Gasteiger partial charge is 0.452 e. The van der Waals surface area contributed by atoms with Crippen LogP contribution in [0, 0.1) is 0 Å². The molecular formula is C61H106N10O22. The molecule has 0 aliphatic carbocycles. The molecular weight excluding hydrogens is 1220 g/mol. The summed E-state index contributed by atoms with van der Waals surface area (Å²) in [6.07, 6.45) is 12.4. The quantitative estimate of drug-likeness (QED) is 0.0207. The van der Waals surface area contributed by atoms with Gasteiger partial charge >= 0.3 is 24.4 Å². The highest BCUT2D eigenvalue weighted by Gasteiger charge is 2.30. The van der Waals surface area contributed by atoms with Crippen molar-refractivity contribution in [2.75, 3.05) is 185 Å². The number of hydrogen-bond donors (Lipinski definition) is 5. The van der Waals surface area contributed by atoms with E-state index in [0.29, 0.717) is 207 Å². The first-order chi connectivity index (χ1) is 45.3. The average molecular weight is 1330 g/mol. The lowest BCUT2D eigenvalue weighted by Crippen LogP contribution is -2.35. The largest absolute Gasteiger partial charge is 0.535 e. The number of hydrogen-bond acceptors (Lipinski definition) is 27. The summed E-state index contributed by atoms with van der Waals surface area (Å²) in [6, 6.07) is 7.19. The van der Waals surface area contributed by atoms with Crippen molar-refractivity contribution in [2.24, 2.45) is 17.2 Å². The number of unbranched alkanes of at least 4 members (excludes halogenated alkanes) is 3. The fourth-order valence-electron chi connectivity index (χ4n) is 6.59. The van der Waals surface area contributed by atoms with Crippen molar-refractivity contribution < 1.29 is 105 Å². The Morgan fingerprint density at radius 1 is 0.441 bits per heavy atom. The normalized spacial score (nSPS) is 12.1. The van der Waals surface area contributed by atoms with E-state index in [2.05, 4.69) is 32.6 Å². The highest BCUT2D eigenvalue weighted by molar-refractivity contribution is 6.21. The van der Waals surface area contributed by atoms with Gasteiger partial charge in [0.2, 0.25) is 0 Å². The number of alkyl carbamates (subject to hydrolysis) is 2. The van der Waals surface area contributed by atoms with E-state index in [1.807, 2.05) is 26.0 Å². The van der Waals surface area contributed by atoms with Gasteiger partial charge in [-0.2, -0.15) is 4.90 Å². The van der Waals surface area contributed by atoms with E-state index in [1.54, 1.807) is 12.1 Å². The maximum Gasteiger partial charge on any atom is 0.535 e. The summed E-state index contributed by atoms with van der Waals surface area (Å²) >= 11 is 0. The Hall–Kier alpha value is -6.82. The van der Waals surface area contributed by atoms with Crippen LogP contribution >= 0.6 is 0 Å². The van der Waals surface area contributed by atoms with Crippen LogP contribution in [0.1, 0.15) is 97.8 Å². The number of imide groups is 4. The molecule has 0 spiro atoms. The monoisotopic (exact) mass is 1330 g/mol. The maximum atomic E-state index is 11.3. The predicted octanol–water partition coefficient (Wildman–Crippen LogP) is 3.78. The Bertz CT molecular complexity index is 2250. The molecule has 32 nitrogen and oxygen atoms in total. The van der Waals surface area contributed by atoms with Gasteiger partial charge in [0.25, 0.3) is 23.6 Å². The van der Waals surface area contributed by atoms with Crippen molar-refractivity contribution in [1.29, 1.82) is 0 Å². The zero-order valence-corrected chi connectivity index (χ0v) is 55.1. The number of nitrogens with two attached hydrogens (primary N) is 3. The predicted molar refractivity (Wildman–Crippen MR) is 340 cm³/mol. The summed E-state index contributed by atoms with van der Waals surface area (Å²) in [4.78, 5) is 96.1. The Morgan fingerprint density at radius 2 is 0.796 bits per heavy atom. The second kappa shape index (κ2) is 63.9. The zero-order valence-electron chi connectivity index (χ0n) is 55.1. The van der Waals surface area contributed by atoms with Crippen LogP contribution in [0.3, 0.4) is 0 Å². The van der Waals surface area contributed by atoms with E-state index >= 15 is 0 Å². The fourth-order valence-corrected chi connectivity index (χ4v) is 6.59. The van der Waals surface area contributed by atoms with Gasteiger partial charge in [0.1, 0.15) is 11.0 Å². The number of amides is 7. The highest BCUT2D eigenvalue weighted by atomic mass is 16.8. The lowest BCUT2D eigenvalue weighted by Gasteiger charge is -2.13. The molecule has 1 aromatic heterocycles. The van der Waals surface area contributed by atoms with Crippen LogP contribution in [0.25, 0.3) is 11.0 Å². The maximum absolute atomic E-state index is 11.3. The molecule has 0 radical (unpaired) electrons. The second-order valence-electron chi connectivity index (χ2n) is 19.3. The summed E-state index contributed by atoms with van der Waals surface area (Å²) in [6.45, 7) is 21.1. The Labute approximate surface area is 546 Å². The first-order valence-electron chi connectivity index (χ1n) is 31.8. The third-order valence-corrected chi connectivity index (χ3v) is 11.6. The number of carbonyl (C=O) groups excluding carboxylic acids is 8. The van der Waals surface area contributed by atoms with Crippen LogP contribution in [0.4, 0.5) is 19.2 Å². The van der Waals surface area contributed by atoms with E-state index in [-0.39, 0.29) is 24.0 Å². The highest BCUT2D eigenvalue weighted by Crippen LogP contribution is 2.09. The lowest BCUT2D eigenvalue weighted by atomic mass is 10.3. The molecule has 0 bridgehead atoms. The third kappa shape index (κ3) is 50.4. The number of methoxy groups -OCH3 is 1. The average Bonchev–Trinajstić information content (AvgIpc) is 1.83. The van der Waals surface area contributed by atoms with Crippen molar-refractivity contribution in [3.63, 3.8) is 0 Å². The number of rotatable bonds is 49. The topological polar surface area (TPSA) is 405 Å². The number of fused-ring (bicyclic) bond motifs is 1. The zero-order chi connectivity index (χ0) is 68.5. The number of ether oxygens (including phenoxy) is 13. The molecule has 0 saturated heterocycles.